The molecule has 0 radical (unpaired) electrons. The van der Waals surface area contributed by atoms with Crippen molar-refractivity contribution >= 4 is 27.5 Å². The molecule has 0 aromatic carbocycles. The summed E-state index contributed by atoms with van der Waals surface area (Å²) in [6.45, 7) is 7.18. The Morgan fingerprint density at radius 2 is 1.85 bits per heavy atom. The molecule has 14 nitrogen and oxygen atoms in total. The number of nitrogens with two attached hydrogens (primary N) is 1. The zero-order valence-corrected chi connectivity index (χ0v) is 23.2. The van der Waals surface area contributed by atoms with Crippen molar-refractivity contribution in [3.05, 3.63) is 72.5 Å². The van der Waals surface area contributed by atoms with Crippen LogP contribution in [0.4, 0.5) is 5.69 Å². The van der Waals surface area contributed by atoms with Gasteiger partial charge in [0.15, 0.2) is 5.69 Å². The van der Waals surface area contributed by atoms with Gasteiger partial charge in [0.1, 0.15) is 10.5 Å². The highest BCUT2D eigenvalue weighted by molar-refractivity contribution is 7.89. The van der Waals surface area contributed by atoms with Crippen molar-refractivity contribution in [2.75, 3.05) is 18.5 Å². The van der Waals surface area contributed by atoms with Crippen LogP contribution < -0.4 is 15.8 Å². The van der Waals surface area contributed by atoms with Crippen molar-refractivity contribution in [1.82, 2.24) is 33.8 Å². The molecule has 15 heteroatoms. The number of nitrogens with zero attached hydrogens (tertiary/aromatic N) is 7. The molecule has 0 fully saturated rings. The number of hydrogen-bond acceptors (Lipinski definition) is 9. The van der Waals surface area contributed by atoms with E-state index >= 15 is 0 Å². The maximum absolute atomic E-state index is 13.6. The minimum atomic E-state index is -4.08. The number of carbonyl (C=O) groups is 2. The zero-order valence-electron chi connectivity index (χ0n) is 22.4. The number of aryl methyl sites for hydroxylation is 2. The molecule has 3 aromatic rings. The Hall–Kier alpha value is -4.66. The Balaban J connectivity index is 1.68. The molecule has 4 rings (SSSR count). The minimum absolute atomic E-state index is 0.0643. The van der Waals surface area contributed by atoms with E-state index in [1.54, 1.807) is 52.0 Å². The number of amides is 2. The Morgan fingerprint density at radius 1 is 1.10 bits per heavy atom. The predicted octanol–water partition coefficient (Wildman–Crippen LogP) is 1.76. The second-order valence-corrected chi connectivity index (χ2v) is 10.4. The van der Waals surface area contributed by atoms with Gasteiger partial charge < -0.3 is 20.7 Å². The molecule has 0 unspecified atom stereocenters. The second kappa shape index (κ2) is 12.0. The average Bonchev–Trinajstić information content (AvgIpc) is 3.60. The first-order valence-electron chi connectivity index (χ1n) is 12.7. The van der Waals surface area contributed by atoms with Crippen molar-refractivity contribution < 1.29 is 22.7 Å². The van der Waals surface area contributed by atoms with E-state index in [9.17, 15) is 18.0 Å². The highest BCUT2D eigenvalue weighted by Crippen LogP contribution is 2.27. The summed E-state index contributed by atoms with van der Waals surface area (Å²) >= 11 is 0. The summed E-state index contributed by atoms with van der Waals surface area (Å²) in [5.41, 5.74) is 6.04. The fourth-order valence-electron chi connectivity index (χ4n) is 4.04. The smallest absolute Gasteiger partial charge is 0.271 e. The number of sulfonamides is 1. The fourth-order valence-corrected chi connectivity index (χ4v) is 5.16. The Labute approximate surface area is 231 Å². The van der Waals surface area contributed by atoms with E-state index in [1.165, 1.54) is 18.5 Å². The first-order valence-corrected chi connectivity index (χ1v) is 14.1. The maximum atomic E-state index is 13.6. The predicted molar refractivity (Wildman–Crippen MR) is 145 cm³/mol. The van der Waals surface area contributed by atoms with E-state index in [-0.39, 0.29) is 34.3 Å². The van der Waals surface area contributed by atoms with E-state index < -0.39 is 21.8 Å². The van der Waals surface area contributed by atoms with Gasteiger partial charge in [-0.2, -0.15) is 10.2 Å². The first kappa shape index (κ1) is 28.4. The molecule has 0 spiro atoms. The lowest BCUT2D eigenvalue weighted by Gasteiger charge is -2.23. The number of primary amides is 1. The van der Waals surface area contributed by atoms with Crippen LogP contribution in [0.15, 0.2) is 60.4 Å². The molecule has 0 bridgehead atoms. The molecule has 3 aromatic heterocycles. The quantitative estimate of drug-likeness (QED) is 0.330. The van der Waals surface area contributed by atoms with E-state index in [2.05, 4.69) is 20.5 Å². The molecule has 212 valence electrons. The largest absolute Gasteiger partial charge is 0.477 e. The summed E-state index contributed by atoms with van der Waals surface area (Å²) in [6, 6.07) is 2.98. The fraction of sp³-hybridized carbons (Fsp3) is 0.320. The molecular weight excluding hydrogens is 538 g/mol. The van der Waals surface area contributed by atoms with Gasteiger partial charge in [-0.1, -0.05) is 6.92 Å². The Bertz CT molecular complexity index is 1530. The van der Waals surface area contributed by atoms with Crippen molar-refractivity contribution in [1.29, 1.82) is 0 Å². The van der Waals surface area contributed by atoms with Crippen molar-refractivity contribution in [2.24, 2.45) is 5.73 Å². The summed E-state index contributed by atoms with van der Waals surface area (Å²) in [6.07, 6.45) is 11.0. The molecule has 0 atom stereocenters. The third-order valence-electron chi connectivity index (χ3n) is 6.07. The summed E-state index contributed by atoms with van der Waals surface area (Å²) in [7, 11) is -4.08. The summed E-state index contributed by atoms with van der Waals surface area (Å²) in [4.78, 5) is 31.5. The number of rotatable bonds is 12. The zero-order chi connectivity index (χ0) is 28.9. The highest BCUT2D eigenvalue weighted by atomic mass is 32.2. The van der Waals surface area contributed by atoms with Crippen LogP contribution in [0.3, 0.4) is 0 Å². The molecule has 0 saturated carbocycles. The van der Waals surface area contributed by atoms with Crippen LogP contribution in [0.5, 0.6) is 5.88 Å². The van der Waals surface area contributed by atoms with Gasteiger partial charge in [-0.05, 0) is 32.4 Å². The third kappa shape index (κ3) is 5.83. The van der Waals surface area contributed by atoms with Gasteiger partial charge in [0.2, 0.25) is 5.88 Å². The number of anilines is 1. The van der Waals surface area contributed by atoms with Crippen LogP contribution in [0.1, 0.15) is 47.3 Å². The first-order chi connectivity index (χ1) is 19.2. The van der Waals surface area contributed by atoms with Gasteiger partial charge in [-0.25, -0.2) is 17.7 Å². The SMILES string of the molecule is CCOc1ncc(S(=O)(=O)N2C=CN(CC)C=C2)cc1C(=O)Nc1c(C(N)=O)nn(CCn2cccn2)c1CC. The molecule has 40 heavy (non-hydrogen) atoms. The third-order valence-corrected chi connectivity index (χ3v) is 7.68. The van der Waals surface area contributed by atoms with Crippen LogP contribution in [-0.2, 0) is 29.5 Å². The van der Waals surface area contributed by atoms with Gasteiger partial charge in [-0.15, -0.1) is 0 Å². The lowest BCUT2D eigenvalue weighted by atomic mass is 10.2. The van der Waals surface area contributed by atoms with Crippen LogP contribution in [0, 0.1) is 0 Å². The monoisotopic (exact) mass is 569 g/mol. The molecule has 0 saturated heterocycles. The highest BCUT2D eigenvalue weighted by Gasteiger charge is 2.28. The lowest BCUT2D eigenvalue weighted by molar-refractivity contribution is 0.0995. The van der Waals surface area contributed by atoms with Gasteiger partial charge in [0.05, 0.1) is 37.3 Å². The molecule has 1 aliphatic heterocycles. The standard InChI is InChI=1S/C25H31N9O5S/c1-4-20-21(22(23(26)35)30-34(20)15-12-32-9-7-8-28-32)29-24(36)19-16-18(17-27-25(19)39-6-3)40(37,38)33-13-10-31(5-2)11-14-33/h7-11,13-14,16-17H,4-6,12,15H2,1-3H3,(H2,26,35)(H,29,36). The number of nitrogens with one attached hydrogen (secondary N) is 1. The molecule has 0 aliphatic carbocycles. The summed E-state index contributed by atoms with van der Waals surface area (Å²) in [5.74, 6) is -1.63. The minimum Gasteiger partial charge on any atom is -0.477 e. The topological polar surface area (TPSA) is 171 Å². The summed E-state index contributed by atoms with van der Waals surface area (Å²) in [5, 5.41) is 11.2. The molecular formula is C25H31N9O5S. The van der Waals surface area contributed by atoms with Crippen molar-refractivity contribution in [2.45, 2.75) is 45.2 Å². The van der Waals surface area contributed by atoms with E-state index in [4.69, 9.17) is 10.5 Å². The van der Waals surface area contributed by atoms with Crippen LogP contribution in [0.25, 0.3) is 0 Å². The Kier molecular flexibility index (Phi) is 8.52. The normalized spacial score (nSPS) is 13.1. The molecule has 1 aliphatic rings. The van der Waals surface area contributed by atoms with E-state index in [1.807, 2.05) is 13.8 Å². The number of ether oxygens (including phenoxy) is 1. The van der Waals surface area contributed by atoms with Gasteiger partial charge in [0.25, 0.3) is 21.8 Å². The van der Waals surface area contributed by atoms with E-state index in [0.717, 1.165) is 10.5 Å². The number of pyridine rings is 1. The maximum Gasteiger partial charge on any atom is 0.271 e. The van der Waals surface area contributed by atoms with Crippen LogP contribution >= 0.6 is 0 Å². The number of carbonyl (C=O) groups excluding carboxylic acids is 2. The van der Waals surface area contributed by atoms with Gasteiger partial charge in [0, 0.05) is 43.7 Å². The van der Waals surface area contributed by atoms with Crippen LogP contribution in [0.2, 0.25) is 0 Å². The Morgan fingerprint density at radius 3 is 2.45 bits per heavy atom. The second-order valence-electron chi connectivity index (χ2n) is 8.55. The van der Waals surface area contributed by atoms with Gasteiger partial charge >= 0.3 is 0 Å². The number of aromatic nitrogens is 5. The summed E-state index contributed by atoms with van der Waals surface area (Å²) < 4.78 is 36.5. The lowest BCUT2D eigenvalue weighted by Crippen LogP contribution is -2.26. The van der Waals surface area contributed by atoms with Crippen molar-refractivity contribution in [3.8, 4) is 5.88 Å². The molecule has 3 N–H and O–H groups in total. The molecule has 2 amide bonds. The van der Waals surface area contributed by atoms with Crippen molar-refractivity contribution in [3.63, 3.8) is 0 Å². The van der Waals surface area contributed by atoms with Gasteiger partial charge in [-0.3, -0.25) is 19.0 Å². The number of hydrogen-bond donors (Lipinski definition) is 2. The van der Waals surface area contributed by atoms with Crippen LogP contribution in [-0.4, -0.2) is 67.1 Å². The molecule has 4 heterocycles. The average molecular weight is 570 g/mol. The van der Waals surface area contributed by atoms with E-state index in [0.29, 0.717) is 31.7 Å².